The van der Waals surface area contributed by atoms with Crippen LogP contribution in [0.2, 0.25) is 0 Å². The first-order valence-electron chi connectivity index (χ1n) is 9.27. The molecule has 0 atom stereocenters. The number of hydrogen-bond donors (Lipinski definition) is 1. The fourth-order valence-corrected chi connectivity index (χ4v) is 3.75. The van der Waals surface area contributed by atoms with Gasteiger partial charge in [-0.15, -0.1) is 0 Å². The smallest absolute Gasteiger partial charge is 0.225 e. The Morgan fingerprint density at radius 2 is 1.81 bits per heavy atom. The molecule has 1 aliphatic heterocycles. The molecule has 0 radical (unpaired) electrons. The largest absolute Gasteiger partial charge is 0.360 e. The molecule has 140 valence electrons. The number of piperazine rings is 1. The van der Waals surface area contributed by atoms with Crippen molar-refractivity contribution in [2.45, 2.75) is 20.5 Å². The molecule has 0 aliphatic carbocycles. The Kier molecular flexibility index (Phi) is 5.00. The number of anilines is 1. The van der Waals surface area contributed by atoms with Gasteiger partial charge in [0.1, 0.15) is 0 Å². The summed E-state index contributed by atoms with van der Waals surface area (Å²) >= 11 is 5.65. The molecule has 27 heavy (non-hydrogen) atoms. The van der Waals surface area contributed by atoms with E-state index in [1.807, 2.05) is 17.1 Å². The number of aromatic nitrogens is 5. The molecule has 3 aromatic rings. The lowest BCUT2D eigenvalue weighted by atomic mass is 10.1. The maximum absolute atomic E-state index is 5.65. The Balaban J connectivity index is 1.45. The molecular formula is C19H25N7S+2. The zero-order valence-corrected chi connectivity index (χ0v) is 16.5. The highest BCUT2D eigenvalue weighted by atomic mass is 32.1. The summed E-state index contributed by atoms with van der Waals surface area (Å²) in [5.74, 6) is 0. The van der Waals surface area contributed by atoms with E-state index in [0.29, 0.717) is 4.77 Å². The fourth-order valence-electron chi connectivity index (χ4n) is 3.51. The first kappa shape index (κ1) is 17.8. The molecule has 0 spiro atoms. The first-order valence-corrected chi connectivity index (χ1v) is 9.68. The second kappa shape index (κ2) is 7.58. The topological polar surface area (TPSA) is 57.5 Å². The Morgan fingerprint density at radius 3 is 2.56 bits per heavy atom. The number of rotatable bonds is 4. The van der Waals surface area contributed by atoms with Gasteiger partial charge in [0.25, 0.3) is 0 Å². The van der Waals surface area contributed by atoms with Gasteiger partial charge < -0.3 is 9.80 Å². The van der Waals surface area contributed by atoms with Crippen LogP contribution in [0, 0.1) is 18.6 Å². The molecule has 3 heterocycles. The molecule has 0 bridgehead atoms. The van der Waals surface area contributed by atoms with Gasteiger partial charge in [0.2, 0.25) is 4.77 Å². The van der Waals surface area contributed by atoms with Crippen molar-refractivity contribution in [3.8, 4) is 5.69 Å². The normalized spacial score (nSPS) is 15.3. The van der Waals surface area contributed by atoms with Crippen molar-refractivity contribution < 1.29 is 9.88 Å². The summed E-state index contributed by atoms with van der Waals surface area (Å²) in [4.78, 5) is 6.97. The van der Waals surface area contributed by atoms with Crippen LogP contribution in [0.25, 0.3) is 5.69 Å². The lowest BCUT2D eigenvalue weighted by molar-refractivity contribution is -0.924. The van der Waals surface area contributed by atoms with Gasteiger partial charge in [0.15, 0.2) is 19.1 Å². The standard InChI is InChI=1S/C19H23N7S/c1-15-3-4-16(2)18(13-15)26-19(27)25(21-22-26)14-23-9-11-24(12-10-23)17-5-7-20-8-6-17/h3-8,13H,9-12,14H2,1-2H3/p+2. The monoisotopic (exact) mass is 383 g/mol. The average molecular weight is 384 g/mol. The summed E-state index contributed by atoms with van der Waals surface area (Å²) in [5.41, 5.74) is 4.61. The summed E-state index contributed by atoms with van der Waals surface area (Å²) in [6.45, 7) is 9.05. The Morgan fingerprint density at radius 1 is 1.07 bits per heavy atom. The fraction of sp³-hybridized carbons (Fsp3) is 0.368. The second-order valence-electron chi connectivity index (χ2n) is 7.12. The molecule has 1 aromatic carbocycles. The van der Waals surface area contributed by atoms with Crippen molar-refractivity contribution >= 4 is 17.9 Å². The number of quaternary nitrogens is 1. The van der Waals surface area contributed by atoms with Gasteiger partial charge in [-0.25, -0.2) is 4.98 Å². The predicted octanol–water partition coefficient (Wildman–Crippen LogP) is 0.592. The highest BCUT2D eigenvalue weighted by molar-refractivity contribution is 7.71. The molecule has 1 fully saturated rings. The number of hydrogen-bond acceptors (Lipinski definition) is 4. The van der Waals surface area contributed by atoms with Crippen molar-refractivity contribution in [1.29, 1.82) is 0 Å². The van der Waals surface area contributed by atoms with Crippen molar-refractivity contribution in [3.63, 3.8) is 0 Å². The van der Waals surface area contributed by atoms with Crippen LogP contribution in [0.15, 0.2) is 42.7 Å². The molecule has 2 aromatic heterocycles. The molecule has 8 heteroatoms. The lowest BCUT2D eigenvalue weighted by Gasteiger charge is -2.32. The number of nitrogens with one attached hydrogen (secondary N) is 2. The molecule has 4 rings (SSSR count). The molecule has 2 N–H and O–H groups in total. The van der Waals surface area contributed by atoms with E-state index in [1.165, 1.54) is 16.2 Å². The van der Waals surface area contributed by atoms with Crippen LogP contribution in [0.5, 0.6) is 0 Å². The zero-order chi connectivity index (χ0) is 18.8. The summed E-state index contributed by atoms with van der Waals surface area (Å²) in [6.07, 6.45) is 3.94. The second-order valence-corrected chi connectivity index (χ2v) is 7.48. The molecular weight excluding hydrogens is 358 g/mol. The number of H-pyrrole nitrogens is 1. The maximum atomic E-state index is 5.65. The van der Waals surface area contributed by atoms with Crippen molar-refractivity contribution in [2.75, 3.05) is 31.1 Å². The lowest BCUT2D eigenvalue weighted by Crippen LogP contribution is -3.14. The van der Waals surface area contributed by atoms with Crippen LogP contribution in [-0.4, -0.2) is 46.0 Å². The van der Waals surface area contributed by atoms with Crippen LogP contribution in [-0.2, 0) is 6.67 Å². The number of nitrogens with zero attached hydrogens (tertiary/aromatic N) is 5. The minimum absolute atomic E-state index is 0.650. The van der Waals surface area contributed by atoms with Gasteiger partial charge >= 0.3 is 0 Å². The Labute approximate surface area is 163 Å². The van der Waals surface area contributed by atoms with E-state index < -0.39 is 0 Å². The van der Waals surface area contributed by atoms with Crippen LogP contribution >= 0.6 is 12.2 Å². The summed E-state index contributed by atoms with van der Waals surface area (Å²) in [7, 11) is 0. The van der Waals surface area contributed by atoms with Crippen LogP contribution in [0.4, 0.5) is 5.69 Å². The van der Waals surface area contributed by atoms with Crippen molar-refractivity contribution in [3.05, 3.63) is 58.6 Å². The van der Waals surface area contributed by atoms with Gasteiger partial charge in [-0.1, -0.05) is 12.1 Å². The van der Waals surface area contributed by atoms with Crippen molar-refractivity contribution in [2.24, 2.45) is 0 Å². The van der Waals surface area contributed by atoms with Crippen LogP contribution in [0.1, 0.15) is 11.1 Å². The summed E-state index contributed by atoms with van der Waals surface area (Å²) < 4.78 is 4.27. The van der Waals surface area contributed by atoms with Gasteiger partial charge in [-0.3, -0.25) is 0 Å². The highest BCUT2D eigenvalue weighted by Crippen LogP contribution is 2.15. The third-order valence-electron chi connectivity index (χ3n) is 5.14. The Hall–Kier alpha value is -2.58. The van der Waals surface area contributed by atoms with E-state index >= 15 is 0 Å². The van der Waals surface area contributed by atoms with Gasteiger partial charge in [0, 0.05) is 17.8 Å². The quantitative estimate of drug-likeness (QED) is 0.670. The molecule has 1 saturated heterocycles. The first-order chi connectivity index (χ1) is 13.1. The number of pyridine rings is 1. The number of aryl methyl sites for hydroxylation is 2. The Bertz CT molecular complexity index is 971. The summed E-state index contributed by atoms with van der Waals surface area (Å²) in [6, 6.07) is 10.5. The minimum atomic E-state index is 0.650. The van der Waals surface area contributed by atoms with Crippen LogP contribution in [0.3, 0.4) is 0 Å². The predicted molar refractivity (Wildman–Crippen MR) is 106 cm³/mol. The average Bonchev–Trinajstić information content (AvgIpc) is 3.05. The SMILES string of the molecule is Cc1ccc(C)c(-n2nnn(C[NH+]3CCN(c4cc[nH+]cc4)CC3)c2=S)c1. The summed E-state index contributed by atoms with van der Waals surface area (Å²) in [5, 5.41) is 8.64. The van der Waals surface area contributed by atoms with E-state index in [0.717, 1.165) is 44.1 Å². The minimum Gasteiger partial charge on any atom is -0.360 e. The number of tetrazole rings is 1. The highest BCUT2D eigenvalue weighted by Gasteiger charge is 2.22. The van der Waals surface area contributed by atoms with Gasteiger partial charge in [-0.2, -0.15) is 9.36 Å². The van der Waals surface area contributed by atoms with E-state index in [4.69, 9.17) is 12.2 Å². The van der Waals surface area contributed by atoms with E-state index in [2.05, 4.69) is 64.5 Å². The van der Waals surface area contributed by atoms with Crippen LogP contribution < -0.4 is 14.8 Å². The number of benzene rings is 1. The maximum Gasteiger partial charge on any atom is 0.225 e. The van der Waals surface area contributed by atoms with Gasteiger partial charge in [-0.05, 0) is 53.7 Å². The van der Waals surface area contributed by atoms with E-state index in [9.17, 15) is 0 Å². The molecule has 0 amide bonds. The molecule has 1 aliphatic rings. The van der Waals surface area contributed by atoms with E-state index in [-0.39, 0.29) is 0 Å². The van der Waals surface area contributed by atoms with E-state index in [1.54, 1.807) is 4.68 Å². The third-order valence-corrected chi connectivity index (χ3v) is 5.53. The third kappa shape index (κ3) is 3.77. The molecule has 0 unspecified atom stereocenters. The van der Waals surface area contributed by atoms with Crippen molar-refractivity contribution in [1.82, 2.24) is 19.8 Å². The number of aromatic amines is 1. The molecule has 0 saturated carbocycles. The molecule has 7 nitrogen and oxygen atoms in total. The van der Waals surface area contributed by atoms with Gasteiger partial charge in [0.05, 0.1) is 31.9 Å². The zero-order valence-electron chi connectivity index (χ0n) is 15.7.